The highest BCUT2D eigenvalue weighted by Gasteiger charge is 2.46. The lowest BCUT2D eigenvalue weighted by molar-refractivity contribution is 0.668. The molecular weight excluding hydrogens is 546 g/mol. The molecule has 0 aliphatic heterocycles. The van der Waals surface area contributed by atoms with Crippen LogP contribution in [-0.4, -0.2) is 0 Å². The molecule has 1 aliphatic carbocycles. The van der Waals surface area contributed by atoms with Crippen LogP contribution in [0.25, 0.3) is 33.1 Å². The largest absolute Gasteiger partial charge is 0.456 e. The van der Waals surface area contributed by atoms with Crippen LogP contribution in [0.5, 0.6) is 0 Å². The average Bonchev–Trinajstić information content (AvgIpc) is 3.63. The van der Waals surface area contributed by atoms with E-state index in [2.05, 4.69) is 181 Å². The number of hydrogen-bond acceptors (Lipinski definition) is 2. The molecule has 0 unspecified atom stereocenters. The minimum absolute atomic E-state index is 0.441. The van der Waals surface area contributed by atoms with E-state index < -0.39 is 5.41 Å². The summed E-state index contributed by atoms with van der Waals surface area (Å²) in [4.78, 5) is 2.27. The SMILES string of the molecule is c1ccc(N(c2ccccc2)c2ccc3c(c2)oc2ccc(C4(c5ccccc5)c5ccccc5-c5ccccc54)cc23)cc1. The summed E-state index contributed by atoms with van der Waals surface area (Å²) >= 11 is 0. The number of benzene rings is 7. The van der Waals surface area contributed by atoms with Crippen LogP contribution in [0.3, 0.4) is 0 Å². The first kappa shape index (κ1) is 25.6. The zero-order chi connectivity index (χ0) is 29.8. The second-order valence-electron chi connectivity index (χ2n) is 11.7. The lowest BCUT2D eigenvalue weighted by atomic mass is 9.67. The fourth-order valence-electron chi connectivity index (χ4n) is 7.45. The number of para-hydroxylation sites is 2. The Kier molecular flexibility index (Phi) is 5.76. The molecule has 0 saturated carbocycles. The molecule has 0 saturated heterocycles. The average molecular weight is 576 g/mol. The van der Waals surface area contributed by atoms with Crippen LogP contribution >= 0.6 is 0 Å². The third kappa shape index (κ3) is 3.82. The minimum Gasteiger partial charge on any atom is -0.456 e. The van der Waals surface area contributed by atoms with Crippen molar-refractivity contribution in [3.05, 3.63) is 198 Å². The van der Waals surface area contributed by atoms with Gasteiger partial charge in [-0.15, -0.1) is 0 Å². The van der Waals surface area contributed by atoms with E-state index in [9.17, 15) is 0 Å². The third-order valence-corrected chi connectivity index (χ3v) is 9.33. The monoisotopic (exact) mass is 575 g/mol. The highest BCUT2D eigenvalue weighted by atomic mass is 16.3. The highest BCUT2D eigenvalue weighted by Crippen LogP contribution is 2.56. The van der Waals surface area contributed by atoms with E-state index in [-0.39, 0.29) is 0 Å². The Balaban J connectivity index is 1.26. The highest BCUT2D eigenvalue weighted by molar-refractivity contribution is 6.07. The molecule has 2 nitrogen and oxygen atoms in total. The molecule has 9 rings (SSSR count). The maximum atomic E-state index is 6.58. The molecule has 1 aliphatic rings. The Morgan fingerprint density at radius 1 is 0.378 bits per heavy atom. The van der Waals surface area contributed by atoms with Crippen molar-refractivity contribution in [1.82, 2.24) is 0 Å². The van der Waals surface area contributed by atoms with E-state index in [0.717, 1.165) is 39.0 Å². The van der Waals surface area contributed by atoms with Crippen molar-refractivity contribution in [1.29, 1.82) is 0 Å². The minimum atomic E-state index is -0.441. The Morgan fingerprint density at radius 2 is 0.933 bits per heavy atom. The molecule has 1 heterocycles. The molecule has 1 aromatic heterocycles. The van der Waals surface area contributed by atoms with Crippen molar-refractivity contribution < 1.29 is 4.42 Å². The smallest absolute Gasteiger partial charge is 0.137 e. The Hall–Kier alpha value is -5.86. The van der Waals surface area contributed by atoms with Gasteiger partial charge >= 0.3 is 0 Å². The number of anilines is 3. The van der Waals surface area contributed by atoms with E-state index in [0.29, 0.717) is 0 Å². The topological polar surface area (TPSA) is 16.4 Å². The maximum absolute atomic E-state index is 6.58. The van der Waals surface area contributed by atoms with Gasteiger partial charge in [-0.1, -0.05) is 121 Å². The Morgan fingerprint density at radius 3 is 1.56 bits per heavy atom. The first-order chi connectivity index (χ1) is 22.3. The molecule has 7 aromatic carbocycles. The van der Waals surface area contributed by atoms with Crippen LogP contribution in [0.2, 0.25) is 0 Å². The second-order valence-corrected chi connectivity index (χ2v) is 11.7. The van der Waals surface area contributed by atoms with Gasteiger partial charge in [0.25, 0.3) is 0 Å². The third-order valence-electron chi connectivity index (χ3n) is 9.33. The lowest BCUT2D eigenvalue weighted by Gasteiger charge is -2.33. The fraction of sp³-hybridized carbons (Fsp3) is 0.0233. The van der Waals surface area contributed by atoms with Gasteiger partial charge in [0.05, 0.1) is 5.41 Å². The van der Waals surface area contributed by atoms with E-state index >= 15 is 0 Å². The Bertz CT molecular complexity index is 2240. The summed E-state index contributed by atoms with van der Waals surface area (Å²) in [5, 5.41) is 2.23. The van der Waals surface area contributed by atoms with Gasteiger partial charge in [0.15, 0.2) is 0 Å². The van der Waals surface area contributed by atoms with Gasteiger partial charge in [0, 0.05) is 33.9 Å². The van der Waals surface area contributed by atoms with E-state index in [1.54, 1.807) is 0 Å². The van der Waals surface area contributed by atoms with E-state index in [4.69, 9.17) is 4.42 Å². The van der Waals surface area contributed by atoms with Gasteiger partial charge in [-0.2, -0.15) is 0 Å². The van der Waals surface area contributed by atoms with Crippen molar-refractivity contribution >= 4 is 39.0 Å². The van der Waals surface area contributed by atoms with Crippen molar-refractivity contribution in [2.24, 2.45) is 0 Å². The predicted molar refractivity (Wildman–Crippen MR) is 186 cm³/mol. The number of nitrogens with zero attached hydrogens (tertiary/aromatic N) is 1. The van der Waals surface area contributed by atoms with Gasteiger partial charge in [-0.05, 0) is 81.9 Å². The number of rotatable bonds is 5. The van der Waals surface area contributed by atoms with Crippen LogP contribution in [0, 0.1) is 0 Å². The van der Waals surface area contributed by atoms with Crippen LogP contribution in [0.4, 0.5) is 17.1 Å². The summed E-state index contributed by atoms with van der Waals surface area (Å²) in [6.07, 6.45) is 0. The molecule has 0 amide bonds. The van der Waals surface area contributed by atoms with Crippen molar-refractivity contribution in [2.75, 3.05) is 4.90 Å². The van der Waals surface area contributed by atoms with Gasteiger partial charge in [-0.25, -0.2) is 0 Å². The summed E-state index contributed by atoms with van der Waals surface area (Å²) < 4.78 is 6.58. The summed E-state index contributed by atoms with van der Waals surface area (Å²) in [6.45, 7) is 0. The molecule has 0 bridgehead atoms. The van der Waals surface area contributed by atoms with Gasteiger partial charge in [-0.3, -0.25) is 0 Å². The van der Waals surface area contributed by atoms with Crippen LogP contribution in [0.1, 0.15) is 22.3 Å². The first-order valence-corrected chi connectivity index (χ1v) is 15.4. The molecule has 0 N–H and O–H groups in total. The van der Waals surface area contributed by atoms with Crippen molar-refractivity contribution in [2.45, 2.75) is 5.41 Å². The molecule has 8 aromatic rings. The zero-order valence-corrected chi connectivity index (χ0v) is 24.6. The summed E-state index contributed by atoms with van der Waals surface area (Å²) in [6, 6.07) is 63.0. The number of furan rings is 1. The number of hydrogen-bond donors (Lipinski definition) is 0. The van der Waals surface area contributed by atoms with Gasteiger partial charge < -0.3 is 9.32 Å². The number of fused-ring (bicyclic) bond motifs is 6. The molecule has 0 spiro atoms. The second kappa shape index (κ2) is 10.1. The van der Waals surface area contributed by atoms with Crippen molar-refractivity contribution in [3.8, 4) is 11.1 Å². The standard InChI is InChI=1S/C43H29NO/c1-4-14-30(15-5-1)43(39-22-12-10-20-35(39)36-21-11-13-23-40(36)43)31-24-27-41-38(28-31)37-26-25-34(29-42(37)45-41)44(32-16-6-2-7-17-32)33-18-8-3-9-19-33/h1-29H. The molecule has 2 heteroatoms. The molecular formula is C43H29NO. The van der Waals surface area contributed by atoms with Gasteiger partial charge in [0.1, 0.15) is 11.2 Å². The lowest BCUT2D eigenvalue weighted by Crippen LogP contribution is -2.28. The fourth-order valence-corrected chi connectivity index (χ4v) is 7.45. The Labute approximate surface area is 262 Å². The van der Waals surface area contributed by atoms with Crippen LogP contribution < -0.4 is 4.90 Å². The van der Waals surface area contributed by atoms with Crippen LogP contribution in [-0.2, 0) is 5.41 Å². The molecule has 0 radical (unpaired) electrons. The molecule has 212 valence electrons. The van der Waals surface area contributed by atoms with Crippen LogP contribution in [0.15, 0.2) is 180 Å². The first-order valence-electron chi connectivity index (χ1n) is 15.4. The van der Waals surface area contributed by atoms with Crippen molar-refractivity contribution in [3.63, 3.8) is 0 Å². The predicted octanol–water partition coefficient (Wildman–Crippen LogP) is 11.4. The van der Waals surface area contributed by atoms with E-state index in [1.165, 1.54) is 33.4 Å². The zero-order valence-electron chi connectivity index (χ0n) is 24.6. The van der Waals surface area contributed by atoms with Gasteiger partial charge in [0.2, 0.25) is 0 Å². The molecule has 45 heavy (non-hydrogen) atoms. The normalized spacial score (nSPS) is 13.1. The molecule has 0 fully saturated rings. The summed E-state index contributed by atoms with van der Waals surface area (Å²) in [5.74, 6) is 0. The molecule has 0 atom stereocenters. The maximum Gasteiger partial charge on any atom is 0.137 e. The van der Waals surface area contributed by atoms with E-state index in [1.807, 2.05) is 0 Å². The summed E-state index contributed by atoms with van der Waals surface area (Å²) in [7, 11) is 0. The quantitative estimate of drug-likeness (QED) is 0.203. The summed E-state index contributed by atoms with van der Waals surface area (Å²) in [5.41, 5.74) is 12.3.